The van der Waals surface area contributed by atoms with Crippen molar-refractivity contribution in [2.45, 2.75) is 290 Å². The van der Waals surface area contributed by atoms with E-state index in [2.05, 4.69) is 106 Å². The number of carbonyl (C=O) groups is 3. The minimum Gasteiger partial charge on any atom is -0.462 e. The molecule has 402 valence electrons. The van der Waals surface area contributed by atoms with Crippen LogP contribution in [0.3, 0.4) is 0 Å². The second-order valence-corrected chi connectivity index (χ2v) is 19.5. The summed E-state index contributed by atoms with van der Waals surface area (Å²) < 4.78 is 16.8. The van der Waals surface area contributed by atoms with Gasteiger partial charge < -0.3 is 14.2 Å². The Balaban J connectivity index is 4.16. The molecule has 0 aliphatic heterocycles. The molecule has 0 aliphatic rings. The van der Waals surface area contributed by atoms with Crippen molar-refractivity contribution in [3.8, 4) is 0 Å². The molecule has 1 unspecified atom stereocenters. The molecule has 0 amide bonds. The lowest BCUT2D eigenvalue weighted by Crippen LogP contribution is -2.30. The first-order valence-electron chi connectivity index (χ1n) is 29.6. The molecule has 0 radical (unpaired) electrons. The molecular formula is C64H110O6. The number of carbonyl (C=O) groups excluding carboxylic acids is 3. The molecule has 70 heavy (non-hydrogen) atoms. The van der Waals surface area contributed by atoms with Crippen LogP contribution in [0, 0.1) is 0 Å². The van der Waals surface area contributed by atoms with E-state index in [0.717, 1.165) is 103 Å². The van der Waals surface area contributed by atoms with Gasteiger partial charge in [0, 0.05) is 19.3 Å². The van der Waals surface area contributed by atoms with Crippen molar-refractivity contribution in [2.24, 2.45) is 0 Å². The van der Waals surface area contributed by atoms with Crippen LogP contribution < -0.4 is 0 Å². The number of esters is 3. The van der Waals surface area contributed by atoms with Crippen molar-refractivity contribution in [2.75, 3.05) is 13.2 Å². The Kier molecular flexibility index (Phi) is 55.3. The maximum absolute atomic E-state index is 12.8. The molecule has 0 bridgehead atoms. The summed E-state index contributed by atoms with van der Waals surface area (Å²) in [6.45, 7) is 6.46. The third-order valence-electron chi connectivity index (χ3n) is 12.6. The highest BCUT2D eigenvalue weighted by molar-refractivity contribution is 5.71. The molecule has 0 fully saturated rings. The lowest BCUT2D eigenvalue weighted by molar-refractivity contribution is -0.167. The Morgan fingerprint density at radius 2 is 0.557 bits per heavy atom. The third-order valence-corrected chi connectivity index (χ3v) is 12.6. The second kappa shape index (κ2) is 58.2. The number of rotatable bonds is 53. The molecule has 0 saturated carbocycles. The van der Waals surface area contributed by atoms with Crippen molar-refractivity contribution in [1.82, 2.24) is 0 Å². The molecule has 6 heteroatoms. The molecule has 0 spiro atoms. The summed E-state index contributed by atoms with van der Waals surface area (Å²) in [6.07, 6.45) is 76.1. The molecule has 0 saturated heterocycles. The van der Waals surface area contributed by atoms with Crippen LogP contribution in [-0.4, -0.2) is 37.2 Å². The van der Waals surface area contributed by atoms with Gasteiger partial charge in [-0.25, -0.2) is 0 Å². The molecule has 0 heterocycles. The smallest absolute Gasteiger partial charge is 0.306 e. The quantitative estimate of drug-likeness (QED) is 0.0261. The van der Waals surface area contributed by atoms with E-state index in [9.17, 15) is 14.4 Å². The van der Waals surface area contributed by atoms with E-state index in [1.807, 2.05) is 0 Å². The Bertz CT molecular complexity index is 1350. The third kappa shape index (κ3) is 55.5. The van der Waals surface area contributed by atoms with Crippen molar-refractivity contribution in [3.63, 3.8) is 0 Å². The topological polar surface area (TPSA) is 78.9 Å². The summed E-state index contributed by atoms with van der Waals surface area (Å²) in [4.78, 5) is 37.9. The fraction of sp³-hybridized carbons (Fsp3) is 0.734. The maximum atomic E-state index is 12.8. The SMILES string of the molecule is CC/C=C\C/C=C\C/C=C\C/C=C\CCCCCCCCCCCCC(=O)OCC(COC(=O)CCCCCCCC)OC(=O)CCCCCCCCCC/C=C\C/C=C\C/C=C\CCCCCCC. The van der Waals surface area contributed by atoms with Crippen LogP contribution in [0.1, 0.15) is 284 Å². The maximum Gasteiger partial charge on any atom is 0.306 e. The van der Waals surface area contributed by atoms with Crippen LogP contribution >= 0.6 is 0 Å². The van der Waals surface area contributed by atoms with Crippen LogP contribution in [0.5, 0.6) is 0 Å². The first kappa shape index (κ1) is 66.6. The zero-order valence-corrected chi connectivity index (χ0v) is 46.0. The molecule has 0 aromatic rings. The van der Waals surface area contributed by atoms with Crippen molar-refractivity contribution in [1.29, 1.82) is 0 Å². The van der Waals surface area contributed by atoms with Crippen molar-refractivity contribution >= 4 is 17.9 Å². The van der Waals surface area contributed by atoms with Gasteiger partial charge in [-0.15, -0.1) is 0 Å². The first-order chi connectivity index (χ1) is 34.5. The number of unbranched alkanes of at least 4 members (excludes halogenated alkanes) is 28. The normalized spacial score (nSPS) is 12.7. The van der Waals surface area contributed by atoms with Crippen LogP contribution in [0.25, 0.3) is 0 Å². The summed E-state index contributed by atoms with van der Waals surface area (Å²) in [7, 11) is 0. The highest BCUT2D eigenvalue weighted by atomic mass is 16.6. The minimum absolute atomic E-state index is 0.0803. The van der Waals surface area contributed by atoms with Crippen molar-refractivity contribution < 1.29 is 28.6 Å². The number of hydrogen-bond acceptors (Lipinski definition) is 6. The molecular weight excluding hydrogens is 865 g/mol. The van der Waals surface area contributed by atoms with Crippen LogP contribution in [-0.2, 0) is 28.6 Å². The van der Waals surface area contributed by atoms with Gasteiger partial charge in [0.05, 0.1) is 0 Å². The average Bonchev–Trinajstić information content (AvgIpc) is 3.36. The highest BCUT2D eigenvalue weighted by Gasteiger charge is 2.19. The molecule has 6 nitrogen and oxygen atoms in total. The fourth-order valence-corrected chi connectivity index (χ4v) is 8.21. The van der Waals surface area contributed by atoms with Gasteiger partial charge in [-0.2, -0.15) is 0 Å². The van der Waals surface area contributed by atoms with Crippen molar-refractivity contribution in [3.05, 3.63) is 85.1 Å². The molecule has 1 atom stereocenters. The van der Waals surface area contributed by atoms with Crippen LogP contribution in [0.4, 0.5) is 0 Å². The molecule has 0 aromatic heterocycles. The van der Waals surface area contributed by atoms with Gasteiger partial charge in [-0.05, 0) is 96.3 Å². The van der Waals surface area contributed by atoms with Gasteiger partial charge >= 0.3 is 17.9 Å². The van der Waals surface area contributed by atoms with E-state index in [0.29, 0.717) is 19.3 Å². The lowest BCUT2D eigenvalue weighted by atomic mass is 10.1. The number of allylic oxidation sites excluding steroid dienone is 14. The van der Waals surface area contributed by atoms with Gasteiger partial charge in [0.2, 0.25) is 0 Å². The molecule has 0 aliphatic carbocycles. The summed E-state index contributed by atoms with van der Waals surface area (Å²) in [6, 6.07) is 0. The highest BCUT2D eigenvalue weighted by Crippen LogP contribution is 2.15. The Morgan fingerprint density at radius 1 is 0.300 bits per heavy atom. The summed E-state index contributed by atoms with van der Waals surface area (Å²) >= 11 is 0. The molecule has 0 aromatic carbocycles. The number of ether oxygens (including phenoxy) is 3. The summed E-state index contributed by atoms with van der Waals surface area (Å²) in [5.41, 5.74) is 0. The first-order valence-corrected chi connectivity index (χ1v) is 29.6. The monoisotopic (exact) mass is 975 g/mol. The van der Waals surface area contributed by atoms with Gasteiger partial charge in [-0.3, -0.25) is 14.4 Å². The van der Waals surface area contributed by atoms with E-state index < -0.39 is 6.10 Å². The van der Waals surface area contributed by atoms with Gasteiger partial charge in [-0.1, -0.05) is 254 Å². The van der Waals surface area contributed by atoms with E-state index >= 15 is 0 Å². The molecule has 0 N–H and O–H groups in total. The standard InChI is InChI=1S/C64H110O6/c1-4-7-10-13-16-18-20-22-24-26-28-30-32-34-36-38-40-42-44-46-48-51-54-57-63(66)69-60-61(59-68-62(65)56-53-50-15-12-9-6-3)70-64(67)58-55-52-49-47-45-43-41-39-37-35-33-31-29-27-25-23-21-19-17-14-11-8-5-2/h7,10,16,18,21-24,27-30,33,35,61H,4-6,8-9,11-15,17,19-20,25-26,31-32,34,36-60H2,1-3H3/b10-7-,18-16-,23-21-,24-22-,29-27-,30-28-,35-33-. The average molecular weight is 976 g/mol. The van der Waals surface area contributed by atoms with E-state index in [-0.39, 0.29) is 31.1 Å². The number of hydrogen-bond donors (Lipinski definition) is 0. The van der Waals surface area contributed by atoms with Crippen LogP contribution in [0.15, 0.2) is 85.1 Å². The lowest BCUT2D eigenvalue weighted by Gasteiger charge is -2.18. The van der Waals surface area contributed by atoms with E-state index in [1.54, 1.807) is 0 Å². The zero-order valence-electron chi connectivity index (χ0n) is 46.0. The Hall–Kier alpha value is -3.41. The summed E-state index contributed by atoms with van der Waals surface area (Å²) in [5.74, 6) is -0.896. The van der Waals surface area contributed by atoms with Gasteiger partial charge in [0.1, 0.15) is 13.2 Å². The predicted octanol–water partition coefficient (Wildman–Crippen LogP) is 19.9. The Labute approximate surface area is 433 Å². The van der Waals surface area contributed by atoms with E-state index in [1.165, 1.54) is 141 Å². The summed E-state index contributed by atoms with van der Waals surface area (Å²) in [5, 5.41) is 0. The Morgan fingerprint density at radius 3 is 0.871 bits per heavy atom. The molecule has 0 rings (SSSR count). The second-order valence-electron chi connectivity index (χ2n) is 19.5. The van der Waals surface area contributed by atoms with E-state index in [4.69, 9.17) is 14.2 Å². The fourth-order valence-electron chi connectivity index (χ4n) is 8.21. The van der Waals surface area contributed by atoms with Crippen LogP contribution in [0.2, 0.25) is 0 Å². The van der Waals surface area contributed by atoms with Gasteiger partial charge in [0.15, 0.2) is 6.10 Å². The largest absolute Gasteiger partial charge is 0.462 e. The van der Waals surface area contributed by atoms with Gasteiger partial charge in [0.25, 0.3) is 0 Å². The zero-order chi connectivity index (χ0) is 50.7. The minimum atomic E-state index is -0.780. The predicted molar refractivity (Wildman–Crippen MR) is 302 cm³/mol.